The normalized spacial score (nSPS) is 14.8. The quantitative estimate of drug-likeness (QED) is 0.539. The highest BCUT2D eigenvalue weighted by molar-refractivity contribution is 6.02. The third-order valence-electron chi connectivity index (χ3n) is 5.31. The van der Waals surface area contributed by atoms with E-state index in [2.05, 4.69) is 30.9 Å². The summed E-state index contributed by atoms with van der Waals surface area (Å²) >= 11 is 0. The number of nitrogens with zero attached hydrogens (tertiary/aromatic N) is 5. The number of fused-ring (bicyclic) bond motifs is 1. The van der Waals surface area contributed by atoms with E-state index >= 15 is 0 Å². The van der Waals surface area contributed by atoms with E-state index in [4.69, 9.17) is 4.42 Å². The molecule has 0 spiro atoms. The van der Waals surface area contributed by atoms with Gasteiger partial charge in [0.15, 0.2) is 17.4 Å². The van der Waals surface area contributed by atoms with Crippen LogP contribution < -0.4 is 10.6 Å². The summed E-state index contributed by atoms with van der Waals surface area (Å²) in [6.07, 6.45) is 7.07. The molecule has 0 atom stereocenters. The van der Waals surface area contributed by atoms with E-state index in [1.54, 1.807) is 10.7 Å². The van der Waals surface area contributed by atoms with Crippen molar-refractivity contribution < 1.29 is 9.21 Å². The fourth-order valence-corrected chi connectivity index (χ4v) is 3.68. The van der Waals surface area contributed by atoms with Crippen LogP contribution in [0.15, 0.2) is 47.3 Å². The molecule has 1 amide bonds. The zero-order valence-electron chi connectivity index (χ0n) is 16.5. The lowest BCUT2D eigenvalue weighted by atomic mass is 9.98. The predicted molar refractivity (Wildman–Crippen MR) is 111 cm³/mol. The first-order chi connectivity index (χ1) is 14.7. The smallest absolute Gasteiger partial charge is 0.278 e. The Hall–Kier alpha value is -3.59. The number of nitrogens with one attached hydrogen (secondary N) is 2. The maximum Gasteiger partial charge on any atom is 0.278 e. The number of aromatic nitrogens is 5. The molecule has 1 saturated heterocycles. The molecule has 30 heavy (non-hydrogen) atoms. The maximum atomic E-state index is 12.6. The number of rotatable bonds is 4. The summed E-state index contributed by atoms with van der Waals surface area (Å²) in [5.74, 6) is 0.866. The molecule has 0 unspecified atom stereocenters. The minimum absolute atomic E-state index is 0.245. The summed E-state index contributed by atoms with van der Waals surface area (Å²) in [6.45, 7) is 1.87. The molecule has 1 aliphatic heterocycles. The average molecular weight is 403 g/mol. The highest BCUT2D eigenvalue weighted by atomic mass is 16.3. The molecule has 0 aliphatic carbocycles. The van der Waals surface area contributed by atoms with Crippen molar-refractivity contribution in [3.05, 3.63) is 54.5 Å². The molecule has 1 fully saturated rings. The van der Waals surface area contributed by atoms with Gasteiger partial charge in [-0.2, -0.15) is 5.10 Å². The molecular weight excluding hydrogens is 382 g/mol. The van der Waals surface area contributed by atoms with Crippen molar-refractivity contribution in [2.45, 2.75) is 18.8 Å². The van der Waals surface area contributed by atoms with Crippen LogP contribution >= 0.6 is 0 Å². The fraction of sp³-hybridized carbons (Fsp3) is 0.286. The van der Waals surface area contributed by atoms with Gasteiger partial charge in [0, 0.05) is 30.1 Å². The SMILES string of the molecule is Cn1cc(-c2ccc3nnc(NC(=O)c4coc(C5CCNCC5)n4)cc3c2)cn1. The molecule has 9 heteroatoms. The average Bonchev–Trinajstić information content (AvgIpc) is 3.43. The number of hydrogen-bond donors (Lipinski definition) is 2. The second-order valence-electron chi connectivity index (χ2n) is 7.46. The first-order valence-corrected chi connectivity index (χ1v) is 9.90. The maximum absolute atomic E-state index is 12.6. The number of oxazole rings is 1. The van der Waals surface area contributed by atoms with Gasteiger partial charge in [-0.3, -0.25) is 9.48 Å². The van der Waals surface area contributed by atoms with E-state index in [1.165, 1.54) is 6.26 Å². The van der Waals surface area contributed by atoms with Crippen molar-refractivity contribution in [1.29, 1.82) is 0 Å². The van der Waals surface area contributed by atoms with Gasteiger partial charge in [0.25, 0.3) is 5.91 Å². The van der Waals surface area contributed by atoms with Gasteiger partial charge in [-0.25, -0.2) is 4.98 Å². The molecule has 1 aliphatic rings. The van der Waals surface area contributed by atoms with Gasteiger partial charge in [-0.15, -0.1) is 10.2 Å². The Morgan fingerprint density at radius 2 is 2.07 bits per heavy atom. The van der Waals surface area contributed by atoms with Gasteiger partial charge < -0.3 is 15.1 Å². The summed E-state index contributed by atoms with van der Waals surface area (Å²) in [5.41, 5.74) is 3.02. The number of amides is 1. The third kappa shape index (κ3) is 3.67. The minimum Gasteiger partial charge on any atom is -0.448 e. The molecule has 1 aromatic carbocycles. The van der Waals surface area contributed by atoms with E-state index < -0.39 is 0 Å². The second kappa shape index (κ2) is 7.68. The van der Waals surface area contributed by atoms with Crippen molar-refractivity contribution in [1.82, 2.24) is 30.3 Å². The van der Waals surface area contributed by atoms with Gasteiger partial charge in [0.2, 0.25) is 0 Å². The van der Waals surface area contributed by atoms with Crippen LogP contribution in [0.5, 0.6) is 0 Å². The van der Waals surface area contributed by atoms with Crippen LogP contribution in [0.25, 0.3) is 22.0 Å². The lowest BCUT2D eigenvalue weighted by Gasteiger charge is -2.19. The molecule has 152 valence electrons. The molecule has 0 bridgehead atoms. The largest absolute Gasteiger partial charge is 0.448 e. The number of benzene rings is 1. The van der Waals surface area contributed by atoms with Crippen molar-refractivity contribution in [3.8, 4) is 11.1 Å². The number of anilines is 1. The zero-order valence-corrected chi connectivity index (χ0v) is 16.5. The predicted octanol–water partition coefficient (Wildman–Crippen LogP) is 2.74. The number of aryl methyl sites for hydroxylation is 1. The first kappa shape index (κ1) is 18.4. The Kier molecular flexibility index (Phi) is 4.72. The highest BCUT2D eigenvalue weighted by Gasteiger charge is 2.22. The Labute approximate surface area is 172 Å². The topological polar surface area (TPSA) is 111 Å². The lowest BCUT2D eigenvalue weighted by molar-refractivity contribution is 0.102. The van der Waals surface area contributed by atoms with E-state index in [9.17, 15) is 4.79 Å². The van der Waals surface area contributed by atoms with E-state index in [1.807, 2.05) is 37.6 Å². The van der Waals surface area contributed by atoms with Gasteiger partial charge in [-0.05, 0) is 49.7 Å². The standard InChI is InChI=1S/C21H21N7O2/c1-28-11-16(10-23-28)14-2-3-17-15(8-14)9-19(27-26-17)25-20(29)18-12-30-21(24-18)13-4-6-22-7-5-13/h2-3,8-13,22H,4-7H2,1H3,(H,25,27,29). The van der Waals surface area contributed by atoms with Crippen LogP contribution in [0, 0.1) is 0 Å². The van der Waals surface area contributed by atoms with Gasteiger partial charge in [0.05, 0.1) is 11.7 Å². The van der Waals surface area contributed by atoms with Gasteiger partial charge in [-0.1, -0.05) is 6.07 Å². The Morgan fingerprint density at radius 1 is 1.20 bits per heavy atom. The summed E-state index contributed by atoms with van der Waals surface area (Å²) in [5, 5.41) is 19.5. The second-order valence-corrected chi connectivity index (χ2v) is 7.46. The number of carbonyl (C=O) groups excluding carboxylic acids is 1. The molecule has 0 radical (unpaired) electrons. The molecule has 5 rings (SSSR count). The first-order valence-electron chi connectivity index (χ1n) is 9.90. The molecule has 9 nitrogen and oxygen atoms in total. The number of hydrogen-bond acceptors (Lipinski definition) is 7. The Balaban J connectivity index is 1.35. The summed E-state index contributed by atoms with van der Waals surface area (Å²) in [4.78, 5) is 17.0. The highest BCUT2D eigenvalue weighted by Crippen LogP contribution is 2.26. The van der Waals surface area contributed by atoms with Crippen LogP contribution in [-0.4, -0.2) is 44.0 Å². The molecule has 2 N–H and O–H groups in total. The van der Waals surface area contributed by atoms with Crippen molar-refractivity contribution >= 4 is 22.6 Å². The van der Waals surface area contributed by atoms with Crippen LogP contribution in [0.2, 0.25) is 0 Å². The van der Waals surface area contributed by atoms with Crippen molar-refractivity contribution in [3.63, 3.8) is 0 Å². The van der Waals surface area contributed by atoms with E-state index in [0.29, 0.717) is 11.7 Å². The summed E-state index contributed by atoms with van der Waals surface area (Å²) in [7, 11) is 1.88. The molecular formula is C21H21N7O2. The molecule has 4 aromatic rings. The third-order valence-corrected chi connectivity index (χ3v) is 5.31. The Morgan fingerprint density at radius 3 is 2.87 bits per heavy atom. The van der Waals surface area contributed by atoms with Crippen LogP contribution in [0.1, 0.15) is 35.1 Å². The van der Waals surface area contributed by atoms with Gasteiger partial charge in [0.1, 0.15) is 6.26 Å². The molecule has 3 aromatic heterocycles. The number of piperidine rings is 1. The minimum atomic E-state index is -0.365. The summed E-state index contributed by atoms with van der Waals surface area (Å²) < 4.78 is 7.31. The monoisotopic (exact) mass is 403 g/mol. The van der Waals surface area contributed by atoms with Crippen LogP contribution in [0.4, 0.5) is 5.82 Å². The fourth-order valence-electron chi connectivity index (χ4n) is 3.68. The van der Waals surface area contributed by atoms with Gasteiger partial charge >= 0.3 is 0 Å². The van der Waals surface area contributed by atoms with Crippen LogP contribution in [-0.2, 0) is 7.05 Å². The molecule has 0 saturated carbocycles. The van der Waals surface area contributed by atoms with Crippen molar-refractivity contribution in [2.24, 2.45) is 7.05 Å². The van der Waals surface area contributed by atoms with E-state index in [0.717, 1.165) is 48.0 Å². The summed E-state index contributed by atoms with van der Waals surface area (Å²) in [6, 6.07) is 7.68. The number of carbonyl (C=O) groups is 1. The van der Waals surface area contributed by atoms with Crippen molar-refractivity contribution in [2.75, 3.05) is 18.4 Å². The molecule has 4 heterocycles. The van der Waals surface area contributed by atoms with E-state index in [-0.39, 0.29) is 17.5 Å². The Bertz CT molecular complexity index is 1210. The lowest BCUT2D eigenvalue weighted by Crippen LogP contribution is -2.26. The zero-order chi connectivity index (χ0) is 20.5. The van der Waals surface area contributed by atoms with Crippen LogP contribution in [0.3, 0.4) is 0 Å².